The zero-order valence-electron chi connectivity index (χ0n) is 21.2. The quantitative estimate of drug-likeness (QED) is 0.132. The number of carbonyl (C=O) groups is 2. The van der Waals surface area contributed by atoms with Crippen LogP contribution in [0.2, 0.25) is 0 Å². The predicted octanol–water partition coefficient (Wildman–Crippen LogP) is 8.71. The summed E-state index contributed by atoms with van der Waals surface area (Å²) >= 11 is 0. The average Bonchev–Trinajstić information content (AvgIpc) is 2.73. The highest BCUT2D eigenvalue weighted by Gasteiger charge is 2.29. The SMILES string of the molecule is C=CCC1=C(CCC(C)CCCCCCCCCCCC(C)C)C(=O)C(C)=C(C)C1=O. The average molecular weight is 429 g/mol. The Hall–Kier alpha value is -1.44. The maximum atomic E-state index is 12.8. The van der Waals surface area contributed by atoms with E-state index in [-0.39, 0.29) is 11.6 Å². The van der Waals surface area contributed by atoms with E-state index in [0.29, 0.717) is 29.1 Å². The first-order valence-electron chi connectivity index (χ1n) is 12.9. The van der Waals surface area contributed by atoms with Crippen LogP contribution in [0.4, 0.5) is 0 Å². The van der Waals surface area contributed by atoms with Crippen LogP contribution in [0.15, 0.2) is 34.9 Å². The van der Waals surface area contributed by atoms with Gasteiger partial charge in [-0.1, -0.05) is 97.5 Å². The van der Waals surface area contributed by atoms with Gasteiger partial charge in [0.25, 0.3) is 0 Å². The molecule has 0 aromatic carbocycles. The number of ketones is 2. The third-order valence-electron chi connectivity index (χ3n) is 6.87. The third kappa shape index (κ3) is 10.1. The van der Waals surface area contributed by atoms with E-state index in [4.69, 9.17) is 0 Å². The lowest BCUT2D eigenvalue weighted by Crippen LogP contribution is -2.22. The number of carbonyl (C=O) groups excluding carboxylic acids is 2. The van der Waals surface area contributed by atoms with Crippen molar-refractivity contribution in [2.24, 2.45) is 11.8 Å². The van der Waals surface area contributed by atoms with Gasteiger partial charge in [0.1, 0.15) is 0 Å². The molecule has 0 saturated heterocycles. The molecule has 0 amide bonds. The highest BCUT2D eigenvalue weighted by atomic mass is 16.1. The highest BCUT2D eigenvalue weighted by Crippen LogP contribution is 2.31. The summed E-state index contributed by atoms with van der Waals surface area (Å²) in [4.78, 5) is 25.4. The summed E-state index contributed by atoms with van der Waals surface area (Å²) in [5.74, 6) is 1.56. The molecule has 0 radical (unpaired) electrons. The van der Waals surface area contributed by atoms with E-state index in [2.05, 4.69) is 27.4 Å². The topological polar surface area (TPSA) is 34.1 Å². The second kappa shape index (κ2) is 15.4. The monoisotopic (exact) mass is 428 g/mol. The van der Waals surface area contributed by atoms with E-state index in [1.165, 1.54) is 70.6 Å². The zero-order chi connectivity index (χ0) is 23.2. The normalized spacial score (nSPS) is 15.9. The van der Waals surface area contributed by atoms with Gasteiger partial charge in [0.05, 0.1) is 0 Å². The van der Waals surface area contributed by atoms with Crippen LogP contribution < -0.4 is 0 Å². The summed E-state index contributed by atoms with van der Waals surface area (Å²) in [7, 11) is 0. The number of rotatable bonds is 17. The van der Waals surface area contributed by atoms with Crippen LogP contribution in [0.5, 0.6) is 0 Å². The summed E-state index contributed by atoms with van der Waals surface area (Å²) in [5.41, 5.74) is 2.65. The van der Waals surface area contributed by atoms with Crippen molar-refractivity contribution in [2.45, 2.75) is 125 Å². The lowest BCUT2D eigenvalue weighted by Gasteiger charge is -2.21. The Morgan fingerprint density at radius 1 is 0.677 bits per heavy atom. The molecule has 1 unspecified atom stereocenters. The molecule has 0 heterocycles. The molecule has 1 aliphatic rings. The maximum absolute atomic E-state index is 12.8. The molecule has 1 atom stereocenters. The predicted molar refractivity (Wildman–Crippen MR) is 134 cm³/mol. The molecule has 0 bridgehead atoms. The van der Waals surface area contributed by atoms with Gasteiger partial charge in [-0.25, -0.2) is 0 Å². The molecule has 176 valence electrons. The molecule has 2 nitrogen and oxygen atoms in total. The number of unbranched alkanes of at least 4 members (excludes halogenated alkanes) is 8. The Labute approximate surface area is 192 Å². The second-order valence-corrected chi connectivity index (χ2v) is 10.2. The van der Waals surface area contributed by atoms with Crippen molar-refractivity contribution in [1.82, 2.24) is 0 Å². The van der Waals surface area contributed by atoms with Crippen LogP contribution >= 0.6 is 0 Å². The minimum Gasteiger partial charge on any atom is -0.289 e. The van der Waals surface area contributed by atoms with Gasteiger partial charge in [0.15, 0.2) is 11.6 Å². The minimum atomic E-state index is 0.0413. The second-order valence-electron chi connectivity index (χ2n) is 10.2. The number of hydrogen-bond donors (Lipinski definition) is 0. The van der Waals surface area contributed by atoms with Crippen LogP contribution in [0.3, 0.4) is 0 Å². The molecule has 0 aliphatic heterocycles. The van der Waals surface area contributed by atoms with Crippen molar-refractivity contribution in [1.29, 1.82) is 0 Å². The van der Waals surface area contributed by atoms with Crippen molar-refractivity contribution in [3.8, 4) is 0 Å². The van der Waals surface area contributed by atoms with Crippen LogP contribution in [0.1, 0.15) is 125 Å². The first-order valence-corrected chi connectivity index (χ1v) is 12.9. The van der Waals surface area contributed by atoms with Crippen LogP contribution in [0.25, 0.3) is 0 Å². The van der Waals surface area contributed by atoms with Gasteiger partial charge in [-0.05, 0) is 44.9 Å². The van der Waals surface area contributed by atoms with Gasteiger partial charge >= 0.3 is 0 Å². The molecule has 1 aliphatic carbocycles. The van der Waals surface area contributed by atoms with Gasteiger partial charge in [-0.2, -0.15) is 0 Å². The molecule has 0 N–H and O–H groups in total. The van der Waals surface area contributed by atoms with Crippen molar-refractivity contribution in [2.75, 3.05) is 0 Å². The van der Waals surface area contributed by atoms with Gasteiger partial charge in [-0.15, -0.1) is 6.58 Å². The molecule has 31 heavy (non-hydrogen) atoms. The smallest absolute Gasteiger partial charge is 0.185 e. The fourth-order valence-electron chi connectivity index (χ4n) is 4.51. The minimum absolute atomic E-state index is 0.0413. The van der Waals surface area contributed by atoms with Crippen LogP contribution in [-0.2, 0) is 9.59 Å². The fraction of sp³-hybridized carbons (Fsp3) is 0.724. The Bertz CT molecular complexity index is 648. The van der Waals surface area contributed by atoms with Gasteiger partial charge in [-0.3, -0.25) is 9.59 Å². The van der Waals surface area contributed by atoms with Gasteiger partial charge in [0.2, 0.25) is 0 Å². The van der Waals surface area contributed by atoms with E-state index in [1.54, 1.807) is 19.9 Å². The molecule has 0 aromatic heterocycles. The van der Waals surface area contributed by atoms with Crippen molar-refractivity contribution in [3.63, 3.8) is 0 Å². The van der Waals surface area contributed by atoms with Crippen molar-refractivity contribution in [3.05, 3.63) is 34.9 Å². The molecule has 0 spiro atoms. The largest absolute Gasteiger partial charge is 0.289 e. The standard InChI is InChI=1S/C29H48O2/c1-7-17-26-27(29(31)25(6)24(5)28(26)30)21-20-23(4)19-16-14-12-10-8-9-11-13-15-18-22(2)3/h7,22-23H,1,8-21H2,2-6H3. The van der Waals surface area contributed by atoms with E-state index in [0.717, 1.165) is 24.3 Å². The first-order chi connectivity index (χ1) is 14.8. The molecular formula is C29H48O2. The van der Waals surface area contributed by atoms with Gasteiger partial charge in [0, 0.05) is 22.3 Å². The van der Waals surface area contributed by atoms with Crippen molar-refractivity contribution >= 4 is 11.6 Å². The Kier molecular flexibility index (Phi) is 13.7. The van der Waals surface area contributed by atoms with E-state index in [1.807, 2.05) is 0 Å². The van der Waals surface area contributed by atoms with Crippen LogP contribution in [0, 0.1) is 11.8 Å². The number of hydrogen-bond acceptors (Lipinski definition) is 2. The molecule has 0 fully saturated rings. The summed E-state index contributed by atoms with van der Waals surface area (Å²) in [5, 5.41) is 0. The molecule has 2 heteroatoms. The lowest BCUT2D eigenvalue weighted by atomic mass is 9.81. The van der Waals surface area contributed by atoms with E-state index < -0.39 is 0 Å². The molecule has 0 saturated carbocycles. The van der Waals surface area contributed by atoms with Gasteiger partial charge < -0.3 is 0 Å². The highest BCUT2D eigenvalue weighted by molar-refractivity contribution is 6.24. The Morgan fingerprint density at radius 3 is 1.61 bits per heavy atom. The Balaban J connectivity index is 2.22. The zero-order valence-corrected chi connectivity index (χ0v) is 21.2. The lowest BCUT2D eigenvalue weighted by molar-refractivity contribution is -0.116. The third-order valence-corrected chi connectivity index (χ3v) is 6.87. The summed E-state index contributed by atoms with van der Waals surface area (Å²) in [6.07, 6.45) is 18.9. The summed E-state index contributed by atoms with van der Waals surface area (Å²) < 4.78 is 0. The van der Waals surface area contributed by atoms with E-state index in [9.17, 15) is 9.59 Å². The maximum Gasteiger partial charge on any atom is 0.185 e. The molecular weight excluding hydrogens is 380 g/mol. The number of Topliss-reactive ketones (excluding diaryl/α,β-unsaturated/α-hetero) is 2. The first kappa shape index (κ1) is 27.6. The molecule has 1 rings (SSSR count). The Morgan fingerprint density at radius 2 is 1.13 bits per heavy atom. The molecule has 0 aromatic rings. The fourth-order valence-corrected chi connectivity index (χ4v) is 4.51. The number of allylic oxidation sites excluding steroid dienone is 5. The van der Waals surface area contributed by atoms with Crippen molar-refractivity contribution < 1.29 is 9.59 Å². The van der Waals surface area contributed by atoms with Crippen LogP contribution in [-0.4, -0.2) is 11.6 Å². The van der Waals surface area contributed by atoms with E-state index >= 15 is 0 Å². The summed E-state index contributed by atoms with van der Waals surface area (Å²) in [6.45, 7) is 14.2. The summed E-state index contributed by atoms with van der Waals surface area (Å²) in [6, 6.07) is 0.